The number of hydrogen-bond acceptors (Lipinski definition) is 2. The topological polar surface area (TPSA) is 38.3 Å². The Morgan fingerprint density at radius 3 is 2.82 bits per heavy atom. The van der Waals surface area contributed by atoms with Gasteiger partial charge in [-0.1, -0.05) is 6.92 Å². The Bertz CT molecular complexity index is 393. The van der Waals surface area contributed by atoms with Crippen LogP contribution in [0.3, 0.4) is 0 Å². The monoisotopic (exact) mass is 239 g/mol. The SMILES string of the molecule is COCC(C)CNC(=O)c1ccc(F)cc1C. The van der Waals surface area contributed by atoms with Gasteiger partial charge in [0.2, 0.25) is 0 Å². The molecule has 3 nitrogen and oxygen atoms in total. The van der Waals surface area contributed by atoms with Crippen LogP contribution in [-0.2, 0) is 4.74 Å². The molecule has 1 aromatic carbocycles. The number of hydrogen-bond donors (Lipinski definition) is 1. The van der Waals surface area contributed by atoms with E-state index in [1.807, 2.05) is 6.92 Å². The molecule has 1 rings (SSSR count). The maximum absolute atomic E-state index is 12.9. The van der Waals surface area contributed by atoms with Crippen molar-refractivity contribution in [2.24, 2.45) is 5.92 Å². The molecule has 94 valence electrons. The lowest BCUT2D eigenvalue weighted by atomic mass is 10.1. The van der Waals surface area contributed by atoms with Crippen molar-refractivity contribution >= 4 is 5.91 Å². The molecule has 0 saturated heterocycles. The highest BCUT2D eigenvalue weighted by Gasteiger charge is 2.10. The molecular formula is C13H18FNO2. The standard InChI is InChI=1S/C13H18FNO2/c1-9(8-17-3)7-15-13(16)12-5-4-11(14)6-10(12)2/h4-6,9H,7-8H2,1-3H3,(H,15,16). The Morgan fingerprint density at radius 2 is 2.24 bits per heavy atom. The van der Waals surface area contributed by atoms with Crippen molar-refractivity contribution in [3.8, 4) is 0 Å². The summed E-state index contributed by atoms with van der Waals surface area (Å²) in [6, 6.07) is 4.15. The zero-order valence-electron chi connectivity index (χ0n) is 10.4. The van der Waals surface area contributed by atoms with Crippen LogP contribution in [-0.4, -0.2) is 26.2 Å². The summed E-state index contributed by atoms with van der Waals surface area (Å²) in [6.45, 7) is 4.85. The Kier molecular flexibility index (Phi) is 5.10. The van der Waals surface area contributed by atoms with Crippen LogP contribution in [0.1, 0.15) is 22.8 Å². The van der Waals surface area contributed by atoms with Gasteiger partial charge in [0.25, 0.3) is 5.91 Å². The lowest BCUT2D eigenvalue weighted by Gasteiger charge is -2.12. The zero-order valence-corrected chi connectivity index (χ0v) is 10.4. The van der Waals surface area contributed by atoms with Gasteiger partial charge in [0.15, 0.2) is 0 Å². The van der Waals surface area contributed by atoms with Crippen LogP contribution in [0.25, 0.3) is 0 Å². The molecule has 1 atom stereocenters. The Hall–Kier alpha value is -1.42. The van der Waals surface area contributed by atoms with Crippen LogP contribution in [0.4, 0.5) is 4.39 Å². The molecular weight excluding hydrogens is 221 g/mol. The van der Waals surface area contributed by atoms with Gasteiger partial charge in [-0.05, 0) is 36.6 Å². The summed E-state index contributed by atoms with van der Waals surface area (Å²) in [7, 11) is 1.63. The lowest BCUT2D eigenvalue weighted by Crippen LogP contribution is -2.30. The number of halogens is 1. The third kappa shape index (κ3) is 4.15. The van der Waals surface area contributed by atoms with Crippen LogP contribution < -0.4 is 5.32 Å². The van der Waals surface area contributed by atoms with Gasteiger partial charge in [-0.2, -0.15) is 0 Å². The van der Waals surface area contributed by atoms with E-state index in [-0.39, 0.29) is 17.6 Å². The molecule has 0 heterocycles. The first kappa shape index (κ1) is 13.6. The summed E-state index contributed by atoms with van der Waals surface area (Å²) in [5.74, 6) is -0.248. The number of carbonyl (C=O) groups is 1. The summed E-state index contributed by atoms with van der Waals surface area (Å²) in [4.78, 5) is 11.8. The van der Waals surface area contributed by atoms with Gasteiger partial charge in [0.05, 0.1) is 6.61 Å². The number of nitrogens with one attached hydrogen (secondary N) is 1. The third-order valence-electron chi connectivity index (χ3n) is 2.50. The maximum atomic E-state index is 12.9. The van der Waals surface area contributed by atoms with Gasteiger partial charge in [-0.25, -0.2) is 4.39 Å². The van der Waals surface area contributed by atoms with Gasteiger partial charge in [-0.15, -0.1) is 0 Å². The smallest absolute Gasteiger partial charge is 0.251 e. The van der Waals surface area contributed by atoms with E-state index in [1.54, 1.807) is 14.0 Å². The molecule has 1 aromatic rings. The van der Waals surface area contributed by atoms with E-state index in [0.29, 0.717) is 24.3 Å². The van der Waals surface area contributed by atoms with Crippen LogP contribution in [0, 0.1) is 18.7 Å². The molecule has 0 aliphatic heterocycles. The van der Waals surface area contributed by atoms with Crippen LogP contribution >= 0.6 is 0 Å². The number of methoxy groups -OCH3 is 1. The van der Waals surface area contributed by atoms with Gasteiger partial charge in [0.1, 0.15) is 5.82 Å². The first-order chi connectivity index (χ1) is 8.04. The fraction of sp³-hybridized carbons (Fsp3) is 0.462. The molecule has 1 unspecified atom stereocenters. The lowest BCUT2D eigenvalue weighted by molar-refractivity contribution is 0.0933. The van der Waals surface area contributed by atoms with Crippen molar-refractivity contribution in [1.29, 1.82) is 0 Å². The molecule has 0 aliphatic carbocycles. The average Bonchev–Trinajstić information content (AvgIpc) is 2.26. The van der Waals surface area contributed by atoms with E-state index >= 15 is 0 Å². The molecule has 0 saturated carbocycles. The summed E-state index contributed by atoms with van der Waals surface area (Å²) < 4.78 is 17.9. The molecule has 0 fully saturated rings. The number of carbonyl (C=O) groups excluding carboxylic acids is 1. The fourth-order valence-corrected chi connectivity index (χ4v) is 1.59. The van der Waals surface area contributed by atoms with Gasteiger partial charge in [-0.3, -0.25) is 4.79 Å². The quantitative estimate of drug-likeness (QED) is 0.855. The molecule has 0 aliphatic rings. The average molecular weight is 239 g/mol. The molecule has 0 spiro atoms. The number of benzene rings is 1. The molecule has 1 N–H and O–H groups in total. The second-order valence-electron chi connectivity index (χ2n) is 4.23. The molecule has 1 amide bonds. The van der Waals surface area contributed by atoms with E-state index in [1.165, 1.54) is 18.2 Å². The minimum atomic E-state index is -0.327. The van der Waals surface area contributed by atoms with E-state index in [2.05, 4.69) is 5.32 Å². The summed E-state index contributed by atoms with van der Waals surface area (Å²) in [5.41, 5.74) is 1.15. The third-order valence-corrected chi connectivity index (χ3v) is 2.50. The van der Waals surface area contributed by atoms with E-state index < -0.39 is 0 Å². The number of ether oxygens (including phenoxy) is 1. The van der Waals surface area contributed by atoms with Crippen LogP contribution in [0.5, 0.6) is 0 Å². The number of rotatable bonds is 5. The van der Waals surface area contributed by atoms with E-state index in [0.717, 1.165) is 0 Å². The number of amides is 1. The fourth-order valence-electron chi connectivity index (χ4n) is 1.59. The highest BCUT2D eigenvalue weighted by Crippen LogP contribution is 2.10. The molecule has 0 bridgehead atoms. The van der Waals surface area contributed by atoms with Crippen LogP contribution in [0.2, 0.25) is 0 Å². The Balaban J connectivity index is 2.58. The van der Waals surface area contributed by atoms with E-state index in [9.17, 15) is 9.18 Å². The minimum Gasteiger partial charge on any atom is -0.384 e. The highest BCUT2D eigenvalue weighted by atomic mass is 19.1. The number of aryl methyl sites for hydroxylation is 1. The van der Waals surface area contributed by atoms with E-state index in [4.69, 9.17) is 4.74 Å². The first-order valence-electron chi connectivity index (χ1n) is 5.58. The Labute approximate surface area is 101 Å². The molecule has 0 aromatic heterocycles. The summed E-state index contributed by atoms with van der Waals surface area (Å²) >= 11 is 0. The highest BCUT2D eigenvalue weighted by molar-refractivity contribution is 5.95. The van der Waals surface area contributed by atoms with Gasteiger partial charge >= 0.3 is 0 Å². The predicted octanol–water partition coefficient (Wildman–Crippen LogP) is 2.15. The van der Waals surface area contributed by atoms with Gasteiger partial charge < -0.3 is 10.1 Å². The summed E-state index contributed by atoms with van der Waals surface area (Å²) in [6.07, 6.45) is 0. The van der Waals surface area contributed by atoms with Crippen molar-refractivity contribution in [3.05, 3.63) is 35.1 Å². The van der Waals surface area contributed by atoms with Crippen molar-refractivity contribution in [2.45, 2.75) is 13.8 Å². The maximum Gasteiger partial charge on any atom is 0.251 e. The second-order valence-corrected chi connectivity index (χ2v) is 4.23. The van der Waals surface area contributed by atoms with Crippen molar-refractivity contribution in [3.63, 3.8) is 0 Å². The summed E-state index contributed by atoms with van der Waals surface area (Å²) in [5, 5.41) is 2.80. The normalized spacial score (nSPS) is 12.2. The Morgan fingerprint density at radius 1 is 1.53 bits per heavy atom. The van der Waals surface area contributed by atoms with Crippen molar-refractivity contribution < 1.29 is 13.9 Å². The zero-order chi connectivity index (χ0) is 12.8. The largest absolute Gasteiger partial charge is 0.384 e. The van der Waals surface area contributed by atoms with Crippen molar-refractivity contribution in [1.82, 2.24) is 5.32 Å². The predicted molar refractivity (Wildman–Crippen MR) is 64.5 cm³/mol. The van der Waals surface area contributed by atoms with Gasteiger partial charge in [0, 0.05) is 19.2 Å². The molecule has 0 radical (unpaired) electrons. The molecule has 17 heavy (non-hydrogen) atoms. The minimum absolute atomic E-state index is 0.176. The van der Waals surface area contributed by atoms with Crippen LogP contribution in [0.15, 0.2) is 18.2 Å². The van der Waals surface area contributed by atoms with Crippen molar-refractivity contribution in [2.75, 3.05) is 20.3 Å². The second kappa shape index (κ2) is 6.35. The molecule has 4 heteroatoms. The first-order valence-corrected chi connectivity index (χ1v) is 5.58.